The van der Waals surface area contributed by atoms with Crippen LogP contribution >= 0.6 is 0 Å². The summed E-state index contributed by atoms with van der Waals surface area (Å²) in [5.41, 5.74) is 0. The molecular formula is C17H22O2. The molecule has 0 aromatic heterocycles. The molecule has 0 bridgehead atoms. The van der Waals surface area contributed by atoms with E-state index in [2.05, 4.69) is 17.8 Å². The molecule has 0 aromatic carbocycles. The van der Waals surface area contributed by atoms with Crippen LogP contribution in [-0.2, 0) is 4.79 Å². The third kappa shape index (κ3) is 3.77. The van der Waals surface area contributed by atoms with Gasteiger partial charge in [0.15, 0.2) is 0 Å². The van der Waals surface area contributed by atoms with E-state index >= 15 is 0 Å². The Labute approximate surface area is 116 Å². The van der Waals surface area contributed by atoms with E-state index < -0.39 is 5.97 Å². The van der Waals surface area contributed by atoms with Crippen LogP contribution in [0.3, 0.4) is 0 Å². The third-order valence-corrected chi connectivity index (χ3v) is 4.49. The second-order valence-corrected chi connectivity index (χ2v) is 5.85. The van der Waals surface area contributed by atoms with Gasteiger partial charge in [-0.15, -0.1) is 12.3 Å². The van der Waals surface area contributed by atoms with Gasteiger partial charge in [-0.3, -0.25) is 4.79 Å². The molecule has 2 saturated carbocycles. The lowest BCUT2D eigenvalue weighted by Crippen LogP contribution is -2.27. The molecule has 19 heavy (non-hydrogen) atoms. The Balaban J connectivity index is 2.00. The summed E-state index contributed by atoms with van der Waals surface area (Å²) < 4.78 is 0. The topological polar surface area (TPSA) is 37.3 Å². The fourth-order valence-electron chi connectivity index (χ4n) is 3.23. The zero-order valence-electron chi connectivity index (χ0n) is 11.4. The first-order valence-electron chi connectivity index (χ1n) is 7.40. The Morgan fingerprint density at radius 2 is 1.74 bits per heavy atom. The predicted octanol–water partition coefficient (Wildman–Crippen LogP) is 3.32. The molecule has 0 amide bonds. The minimum absolute atomic E-state index is 0.0850. The summed E-state index contributed by atoms with van der Waals surface area (Å²) in [7, 11) is 0. The van der Waals surface area contributed by atoms with Crippen LogP contribution in [0.5, 0.6) is 0 Å². The Morgan fingerprint density at radius 1 is 1.00 bits per heavy atom. The quantitative estimate of drug-likeness (QED) is 0.733. The van der Waals surface area contributed by atoms with Gasteiger partial charge in [0.25, 0.3) is 0 Å². The maximum Gasteiger partial charge on any atom is 0.306 e. The van der Waals surface area contributed by atoms with Crippen LogP contribution in [-0.4, -0.2) is 11.1 Å². The van der Waals surface area contributed by atoms with Gasteiger partial charge < -0.3 is 5.11 Å². The largest absolute Gasteiger partial charge is 0.481 e. The Kier molecular flexibility index (Phi) is 4.92. The maximum atomic E-state index is 11.1. The Morgan fingerprint density at radius 3 is 2.37 bits per heavy atom. The zero-order valence-corrected chi connectivity index (χ0v) is 11.4. The highest BCUT2D eigenvalue weighted by Gasteiger charge is 2.32. The Hall–Kier alpha value is -1.41. The number of carbonyl (C=O) groups is 1. The molecule has 1 N–H and O–H groups in total. The summed E-state index contributed by atoms with van der Waals surface area (Å²) in [6, 6.07) is 0. The smallest absolute Gasteiger partial charge is 0.306 e. The lowest BCUT2D eigenvalue weighted by atomic mass is 9.74. The number of terminal acetylenes is 1. The van der Waals surface area contributed by atoms with Crippen LogP contribution in [0.15, 0.2) is 0 Å². The van der Waals surface area contributed by atoms with Crippen molar-refractivity contribution < 1.29 is 9.90 Å². The molecule has 2 nitrogen and oxygen atoms in total. The Bertz CT molecular complexity index is 415. The molecule has 0 saturated heterocycles. The summed E-state index contributed by atoms with van der Waals surface area (Å²) in [6.07, 6.45) is 14.0. The maximum absolute atomic E-state index is 11.1. The standard InChI is InChI=1S/C17H22O2/c1-2-14-10-11-16(17(18)19)12-15(14)9-8-13-6-4-3-5-7-13/h1,13-16H,3-7,10-12H2,(H,18,19). The van der Waals surface area contributed by atoms with Crippen molar-refractivity contribution in [3.05, 3.63) is 0 Å². The molecule has 3 unspecified atom stereocenters. The average Bonchev–Trinajstić information content (AvgIpc) is 2.45. The van der Waals surface area contributed by atoms with Crippen LogP contribution in [0, 0.1) is 47.9 Å². The monoisotopic (exact) mass is 258 g/mol. The minimum Gasteiger partial charge on any atom is -0.481 e. The SMILES string of the molecule is C#CC1CCC(C(=O)O)CC1C#CC1CCCCC1. The van der Waals surface area contributed by atoms with Crippen LogP contribution in [0.25, 0.3) is 0 Å². The van der Waals surface area contributed by atoms with Crippen molar-refractivity contribution in [1.82, 2.24) is 0 Å². The van der Waals surface area contributed by atoms with Crippen LogP contribution in [0.2, 0.25) is 0 Å². The molecule has 2 heteroatoms. The lowest BCUT2D eigenvalue weighted by molar-refractivity contribution is -0.143. The number of carboxylic acids is 1. The molecule has 2 aliphatic carbocycles. The molecule has 102 valence electrons. The first-order chi connectivity index (χ1) is 9.20. The van der Waals surface area contributed by atoms with E-state index in [1.165, 1.54) is 32.1 Å². The fraction of sp³-hybridized carbons (Fsp3) is 0.706. The molecule has 0 radical (unpaired) electrons. The van der Waals surface area contributed by atoms with Gasteiger partial charge in [-0.1, -0.05) is 31.1 Å². The summed E-state index contributed by atoms with van der Waals surface area (Å²) >= 11 is 0. The normalized spacial score (nSPS) is 31.8. The van der Waals surface area contributed by atoms with E-state index in [-0.39, 0.29) is 17.8 Å². The molecule has 2 fully saturated rings. The van der Waals surface area contributed by atoms with Crippen molar-refractivity contribution in [3.8, 4) is 24.2 Å². The van der Waals surface area contributed by atoms with Crippen molar-refractivity contribution in [2.45, 2.75) is 51.4 Å². The predicted molar refractivity (Wildman–Crippen MR) is 75.1 cm³/mol. The lowest BCUT2D eigenvalue weighted by Gasteiger charge is -2.28. The molecular weight excluding hydrogens is 236 g/mol. The molecule has 2 aliphatic rings. The highest BCUT2D eigenvalue weighted by Crippen LogP contribution is 2.34. The fourth-order valence-corrected chi connectivity index (χ4v) is 3.23. The van der Waals surface area contributed by atoms with Crippen molar-refractivity contribution in [2.75, 3.05) is 0 Å². The first-order valence-corrected chi connectivity index (χ1v) is 7.40. The van der Waals surface area contributed by atoms with Crippen LogP contribution in [0.4, 0.5) is 0 Å². The van der Waals surface area contributed by atoms with Gasteiger partial charge in [0, 0.05) is 17.8 Å². The molecule has 0 aromatic rings. The van der Waals surface area contributed by atoms with E-state index in [9.17, 15) is 4.79 Å². The van der Waals surface area contributed by atoms with Gasteiger partial charge in [-0.25, -0.2) is 0 Å². The van der Waals surface area contributed by atoms with Gasteiger partial charge in [-0.2, -0.15) is 0 Å². The molecule has 0 heterocycles. The van der Waals surface area contributed by atoms with E-state index in [4.69, 9.17) is 11.5 Å². The van der Waals surface area contributed by atoms with Gasteiger partial charge in [0.1, 0.15) is 0 Å². The van der Waals surface area contributed by atoms with Gasteiger partial charge in [0.2, 0.25) is 0 Å². The van der Waals surface area contributed by atoms with E-state index in [0.29, 0.717) is 18.8 Å². The van der Waals surface area contributed by atoms with Crippen LogP contribution in [0.1, 0.15) is 51.4 Å². The number of carboxylic acid groups (broad SMARTS) is 1. The van der Waals surface area contributed by atoms with Crippen molar-refractivity contribution in [3.63, 3.8) is 0 Å². The third-order valence-electron chi connectivity index (χ3n) is 4.49. The number of aliphatic carboxylic acids is 1. The summed E-state index contributed by atoms with van der Waals surface area (Å²) in [4.78, 5) is 11.1. The van der Waals surface area contributed by atoms with Crippen molar-refractivity contribution in [2.24, 2.45) is 23.7 Å². The summed E-state index contributed by atoms with van der Waals surface area (Å²) in [5.74, 6) is 9.30. The van der Waals surface area contributed by atoms with Crippen molar-refractivity contribution in [1.29, 1.82) is 0 Å². The van der Waals surface area contributed by atoms with Gasteiger partial charge in [-0.05, 0) is 32.1 Å². The highest BCUT2D eigenvalue weighted by atomic mass is 16.4. The summed E-state index contributed by atoms with van der Waals surface area (Å²) in [5, 5.41) is 9.13. The second-order valence-electron chi connectivity index (χ2n) is 5.85. The molecule has 0 spiro atoms. The van der Waals surface area contributed by atoms with Gasteiger partial charge in [0.05, 0.1) is 5.92 Å². The molecule has 2 rings (SSSR count). The highest BCUT2D eigenvalue weighted by molar-refractivity contribution is 5.70. The minimum atomic E-state index is -0.695. The molecule has 3 atom stereocenters. The summed E-state index contributed by atoms with van der Waals surface area (Å²) in [6.45, 7) is 0. The average molecular weight is 258 g/mol. The van der Waals surface area contributed by atoms with E-state index in [0.717, 1.165) is 6.42 Å². The first kappa shape index (κ1) is 14.0. The zero-order chi connectivity index (χ0) is 13.7. The number of hydrogen-bond acceptors (Lipinski definition) is 1. The van der Waals surface area contributed by atoms with E-state index in [1.54, 1.807) is 0 Å². The number of hydrogen-bond donors (Lipinski definition) is 1. The molecule has 0 aliphatic heterocycles. The van der Waals surface area contributed by atoms with Crippen molar-refractivity contribution >= 4 is 5.97 Å². The van der Waals surface area contributed by atoms with Crippen LogP contribution < -0.4 is 0 Å². The van der Waals surface area contributed by atoms with Gasteiger partial charge >= 0.3 is 5.97 Å². The van der Waals surface area contributed by atoms with E-state index in [1.807, 2.05) is 0 Å². The second kappa shape index (κ2) is 6.67. The number of rotatable bonds is 1.